The molecule has 40 heavy (non-hydrogen) atoms. The number of nitrogens with zero attached hydrogens (tertiary/aromatic N) is 1. The van der Waals surface area contributed by atoms with Crippen molar-refractivity contribution in [1.29, 1.82) is 0 Å². The van der Waals surface area contributed by atoms with Crippen molar-refractivity contribution < 1.29 is 23.9 Å². The Kier molecular flexibility index (Phi) is 6.62. The molecule has 10 heteroatoms. The van der Waals surface area contributed by atoms with Gasteiger partial charge in [0.05, 0.1) is 13.7 Å². The Morgan fingerprint density at radius 1 is 1.10 bits per heavy atom. The zero-order chi connectivity index (χ0) is 28.1. The molecular formula is C30H32N4O5S. The summed E-state index contributed by atoms with van der Waals surface area (Å²) in [6, 6.07) is 8.96. The highest BCUT2D eigenvalue weighted by Gasteiger charge is 2.67. The highest BCUT2D eigenvalue weighted by atomic mass is 32.1. The molecule has 4 N–H and O–H groups in total. The van der Waals surface area contributed by atoms with Crippen LogP contribution < -0.4 is 21.1 Å². The van der Waals surface area contributed by atoms with Gasteiger partial charge >= 0.3 is 5.97 Å². The summed E-state index contributed by atoms with van der Waals surface area (Å²) in [5, 5.41) is 8.09. The van der Waals surface area contributed by atoms with Crippen LogP contribution in [-0.2, 0) is 11.2 Å². The monoisotopic (exact) mass is 560 g/mol. The predicted octanol–water partition coefficient (Wildman–Crippen LogP) is 3.95. The van der Waals surface area contributed by atoms with E-state index in [0.29, 0.717) is 42.1 Å². The van der Waals surface area contributed by atoms with Crippen LogP contribution in [0.5, 0.6) is 5.75 Å². The highest BCUT2D eigenvalue weighted by molar-refractivity contribution is 7.13. The van der Waals surface area contributed by atoms with Crippen LogP contribution in [0, 0.1) is 5.41 Å². The number of ether oxygens (including phenoxy) is 2. The smallest absolute Gasteiger partial charge is 0.357 e. The minimum absolute atomic E-state index is 0.0429. The Morgan fingerprint density at radius 2 is 1.90 bits per heavy atom. The van der Waals surface area contributed by atoms with E-state index in [2.05, 4.69) is 21.7 Å². The van der Waals surface area contributed by atoms with Crippen molar-refractivity contribution in [2.24, 2.45) is 11.1 Å². The van der Waals surface area contributed by atoms with Crippen LogP contribution in [0.1, 0.15) is 69.5 Å². The van der Waals surface area contributed by atoms with E-state index in [0.717, 1.165) is 42.5 Å². The van der Waals surface area contributed by atoms with Crippen molar-refractivity contribution in [3.63, 3.8) is 0 Å². The van der Waals surface area contributed by atoms with Crippen LogP contribution in [0.3, 0.4) is 0 Å². The van der Waals surface area contributed by atoms with E-state index in [1.54, 1.807) is 23.5 Å². The number of methoxy groups -OCH3 is 1. The van der Waals surface area contributed by atoms with Crippen molar-refractivity contribution in [3.8, 4) is 27.3 Å². The zero-order valence-corrected chi connectivity index (χ0v) is 23.4. The van der Waals surface area contributed by atoms with Crippen LogP contribution >= 0.6 is 11.3 Å². The molecule has 3 aliphatic carbocycles. The lowest BCUT2D eigenvalue weighted by Gasteiger charge is -2.70. The van der Waals surface area contributed by atoms with Gasteiger partial charge in [-0.15, -0.1) is 11.3 Å². The molecule has 3 fully saturated rings. The lowest BCUT2D eigenvalue weighted by atomic mass is 9.39. The number of esters is 1. The van der Waals surface area contributed by atoms with Crippen molar-refractivity contribution in [2.45, 2.75) is 44.6 Å². The van der Waals surface area contributed by atoms with E-state index < -0.39 is 5.97 Å². The molecule has 7 rings (SSSR count). The minimum atomic E-state index is -0.702. The maximum Gasteiger partial charge on any atom is 0.357 e. The first-order chi connectivity index (χ1) is 19.3. The molecule has 0 spiro atoms. The first-order valence-corrected chi connectivity index (χ1v) is 14.5. The fourth-order valence-electron chi connectivity index (χ4n) is 6.37. The van der Waals surface area contributed by atoms with E-state index in [4.69, 9.17) is 15.2 Å². The molecule has 0 unspecified atom stereocenters. The second-order valence-electron chi connectivity index (χ2n) is 11.1. The molecule has 3 aromatic rings. The molecule has 1 aromatic carbocycles. The number of hydrogen-bond donors (Lipinski definition) is 3. The summed E-state index contributed by atoms with van der Waals surface area (Å²) in [6.07, 6.45) is 4.14. The van der Waals surface area contributed by atoms with E-state index in [1.807, 2.05) is 24.4 Å². The number of carbonyl (C=O) groups excluding carboxylic acids is 3. The van der Waals surface area contributed by atoms with Crippen molar-refractivity contribution in [1.82, 2.24) is 15.6 Å². The second kappa shape index (κ2) is 10.0. The third-order valence-electron chi connectivity index (χ3n) is 8.27. The van der Waals surface area contributed by atoms with Gasteiger partial charge in [-0.3, -0.25) is 9.59 Å². The van der Waals surface area contributed by atoms with E-state index in [9.17, 15) is 14.4 Å². The predicted molar refractivity (Wildman–Crippen MR) is 152 cm³/mol. The van der Waals surface area contributed by atoms with Gasteiger partial charge in [-0.2, -0.15) is 0 Å². The zero-order valence-electron chi connectivity index (χ0n) is 22.6. The number of pyridine rings is 1. The largest absolute Gasteiger partial charge is 0.493 e. The number of hydrogen-bond acceptors (Lipinski definition) is 8. The molecular weight excluding hydrogens is 528 g/mol. The average Bonchev–Trinajstić information content (AvgIpc) is 3.33. The van der Waals surface area contributed by atoms with Crippen molar-refractivity contribution in [3.05, 3.63) is 58.2 Å². The van der Waals surface area contributed by atoms with Crippen molar-refractivity contribution in [2.75, 3.05) is 26.8 Å². The number of aromatic nitrogens is 1. The van der Waals surface area contributed by atoms with Gasteiger partial charge in [0.2, 0.25) is 0 Å². The summed E-state index contributed by atoms with van der Waals surface area (Å²) < 4.78 is 11.2. The number of nitrogens with two attached hydrogens (primary N) is 1. The van der Waals surface area contributed by atoms with Gasteiger partial charge in [0.25, 0.3) is 11.8 Å². The number of fused-ring (bicyclic) bond motifs is 3. The maximum atomic E-state index is 14.0. The second-order valence-corrected chi connectivity index (χ2v) is 12.0. The molecule has 208 valence electrons. The maximum absolute atomic E-state index is 14.0. The van der Waals surface area contributed by atoms with Gasteiger partial charge in [-0.25, -0.2) is 9.78 Å². The first kappa shape index (κ1) is 26.5. The van der Waals surface area contributed by atoms with Crippen LogP contribution in [0.25, 0.3) is 21.6 Å². The van der Waals surface area contributed by atoms with Crippen LogP contribution in [0.15, 0.2) is 35.7 Å². The lowest BCUT2D eigenvalue weighted by Crippen LogP contribution is -2.76. The van der Waals surface area contributed by atoms with Gasteiger partial charge in [0.1, 0.15) is 11.4 Å². The Hall–Kier alpha value is -3.76. The Bertz CT molecular complexity index is 1510. The van der Waals surface area contributed by atoms with Crippen LogP contribution in [0.4, 0.5) is 0 Å². The molecule has 0 saturated heterocycles. The SMILES string of the molecule is CCCNC(=O)c1ccc(-c2cc3c(cc2C(=O)NC24CC(CN)(C2)C4)-c2sccc2CCO3)c(C(=O)OC)n1. The van der Waals surface area contributed by atoms with Gasteiger partial charge in [0.15, 0.2) is 5.69 Å². The van der Waals surface area contributed by atoms with Crippen molar-refractivity contribution >= 4 is 29.1 Å². The standard InChI is InChI=1S/C30H32N4O5S/c1-3-8-32-27(36)22-5-4-18(24(33-22)28(37)38-2)19-12-23-21(25-17(6-9-39-23)7-10-40-25)11-20(19)26(35)34-30-13-29(14-30,15-30)16-31/h4-5,7,10-12H,3,6,8-9,13-16,31H2,1-2H3,(H,32,36)(H,34,35). The summed E-state index contributed by atoms with van der Waals surface area (Å²) in [7, 11) is 1.26. The molecule has 0 atom stereocenters. The number of nitrogens with one attached hydrogen (secondary N) is 2. The molecule has 0 radical (unpaired) electrons. The number of thiophene rings is 1. The Morgan fingerprint density at radius 3 is 2.62 bits per heavy atom. The Balaban J connectivity index is 1.47. The summed E-state index contributed by atoms with van der Waals surface area (Å²) in [5.41, 5.74) is 9.22. The van der Waals surface area contributed by atoms with E-state index in [-0.39, 0.29) is 34.2 Å². The molecule has 2 bridgehead atoms. The fourth-order valence-corrected chi connectivity index (χ4v) is 7.34. The van der Waals surface area contributed by atoms with Crippen LogP contribution in [-0.4, -0.2) is 55.1 Å². The number of benzene rings is 1. The first-order valence-electron chi connectivity index (χ1n) is 13.6. The number of carbonyl (C=O) groups is 3. The lowest BCUT2D eigenvalue weighted by molar-refractivity contribution is -0.139. The quantitative estimate of drug-likeness (QED) is 0.355. The molecule has 4 aliphatic rings. The van der Waals surface area contributed by atoms with Gasteiger partial charge < -0.3 is 25.8 Å². The Labute approximate surface area is 236 Å². The average molecular weight is 561 g/mol. The van der Waals surface area contributed by atoms with Crippen LogP contribution in [0.2, 0.25) is 0 Å². The highest BCUT2D eigenvalue weighted by Crippen LogP contribution is 2.66. The fraction of sp³-hybridized carbons (Fsp3) is 0.400. The summed E-state index contributed by atoms with van der Waals surface area (Å²) in [5.74, 6) is -0.691. The molecule has 2 amide bonds. The summed E-state index contributed by atoms with van der Waals surface area (Å²) in [4.78, 5) is 45.0. The van der Waals surface area contributed by atoms with Gasteiger partial charge in [-0.05, 0) is 78.9 Å². The third-order valence-corrected chi connectivity index (χ3v) is 9.26. The summed E-state index contributed by atoms with van der Waals surface area (Å²) >= 11 is 1.61. The third kappa shape index (κ3) is 4.35. The molecule has 1 aliphatic heterocycles. The number of rotatable bonds is 8. The normalized spacial score (nSPS) is 21.9. The van der Waals surface area contributed by atoms with Gasteiger partial charge in [-0.1, -0.05) is 6.92 Å². The molecule has 2 aromatic heterocycles. The molecule has 3 heterocycles. The minimum Gasteiger partial charge on any atom is -0.493 e. The summed E-state index contributed by atoms with van der Waals surface area (Å²) in [6.45, 7) is 3.55. The van der Waals surface area contributed by atoms with E-state index in [1.165, 1.54) is 12.7 Å². The topological polar surface area (TPSA) is 133 Å². The van der Waals surface area contributed by atoms with E-state index >= 15 is 0 Å². The van der Waals surface area contributed by atoms with Gasteiger partial charge in [0, 0.05) is 45.6 Å². The molecule has 9 nitrogen and oxygen atoms in total. The molecule has 3 saturated carbocycles. The number of amides is 2.